The molecule has 1 rings (SSSR count). The minimum Gasteiger partial charge on any atom is -0.384 e. The molecule has 0 aromatic heterocycles. The van der Waals surface area contributed by atoms with E-state index in [1.54, 1.807) is 7.11 Å². The summed E-state index contributed by atoms with van der Waals surface area (Å²) in [6.07, 6.45) is 1.02. The minimum absolute atomic E-state index is 0.0763. The Kier molecular flexibility index (Phi) is 8.47. The number of anilines is 1. The van der Waals surface area contributed by atoms with Crippen LogP contribution in [0.4, 0.5) is 5.69 Å². The molecular formula is C16H26N2O3. The lowest BCUT2D eigenvalue weighted by atomic mass is 10.1. The van der Waals surface area contributed by atoms with Gasteiger partial charge in [0.1, 0.15) is 0 Å². The predicted molar refractivity (Wildman–Crippen MR) is 85.0 cm³/mol. The van der Waals surface area contributed by atoms with Crippen LogP contribution in [-0.2, 0) is 9.47 Å². The molecule has 1 aromatic carbocycles. The van der Waals surface area contributed by atoms with Crippen LogP contribution >= 0.6 is 0 Å². The van der Waals surface area contributed by atoms with E-state index < -0.39 is 0 Å². The Balaban J connectivity index is 2.50. The smallest absolute Gasteiger partial charge is 0.253 e. The Hall–Kier alpha value is -1.59. The summed E-state index contributed by atoms with van der Waals surface area (Å²) >= 11 is 0. The summed E-state index contributed by atoms with van der Waals surface area (Å²) in [4.78, 5) is 12.2. The fraction of sp³-hybridized carbons (Fsp3) is 0.562. The second-order valence-corrected chi connectivity index (χ2v) is 4.84. The van der Waals surface area contributed by atoms with E-state index in [0.29, 0.717) is 31.9 Å². The third kappa shape index (κ3) is 6.60. The van der Waals surface area contributed by atoms with Crippen LogP contribution in [-0.4, -0.2) is 45.9 Å². The standard InChI is InChI=1S/C16H26N2O3/c1-4-7-17-15-6-5-13(2)12-14(15)16(19)18-8-9-21-11-10-20-3/h5-6,12,17H,4,7-11H2,1-3H3,(H,18,19). The summed E-state index contributed by atoms with van der Waals surface area (Å²) in [5.74, 6) is -0.0763. The number of hydrogen-bond donors (Lipinski definition) is 2. The van der Waals surface area contributed by atoms with Crippen LogP contribution in [0.25, 0.3) is 0 Å². The Labute approximate surface area is 127 Å². The number of aryl methyl sites for hydroxylation is 1. The van der Waals surface area contributed by atoms with E-state index in [2.05, 4.69) is 17.6 Å². The van der Waals surface area contributed by atoms with E-state index in [1.807, 2.05) is 25.1 Å². The van der Waals surface area contributed by atoms with Crippen molar-refractivity contribution in [2.45, 2.75) is 20.3 Å². The second-order valence-electron chi connectivity index (χ2n) is 4.84. The number of ether oxygens (including phenoxy) is 2. The lowest BCUT2D eigenvalue weighted by molar-refractivity contribution is 0.0693. The zero-order chi connectivity index (χ0) is 15.5. The number of hydrogen-bond acceptors (Lipinski definition) is 4. The molecule has 5 nitrogen and oxygen atoms in total. The van der Waals surface area contributed by atoms with E-state index in [4.69, 9.17) is 9.47 Å². The van der Waals surface area contributed by atoms with E-state index in [0.717, 1.165) is 24.2 Å². The number of rotatable bonds is 10. The van der Waals surface area contributed by atoms with Crippen LogP contribution in [0.3, 0.4) is 0 Å². The van der Waals surface area contributed by atoms with Crippen LogP contribution in [0.5, 0.6) is 0 Å². The summed E-state index contributed by atoms with van der Waals surface area (Å²) < 4.78 is 10.2. The molecule has 0 bridgehead atoms. The molecule has 0 spiro atoms. The molecule has 1 aromatic rings. The van der Waals surface area contributed by atoms with Gasteiger partial charge in [0, 0.05) is 25.9 Å². The van der Waals surface area contributed by atoms with Crippen molar-refractivity contribution in [1.29, 1.82) is 0 Å². The number of methoxy groups -OCH3 is 1. The van der Waals surface area contributed by atoms with E-state index >= 15 is 0 Å². The molecule has 0 saturated heterocycles. The molecule has 0 radical (unpaired) electrons. The number of carbonyl (C=O) groups is 1. The highest BCUT2D eigenvalue weighted by Crippen LogP contribution is 2.17. The molecule has 0 saturated carbocycles. The van der Waals surface area contributed by atoms with Gasteiger partial charge in [-0.05, 0) is 25.5 Å². The minimum atomic E-state index is -0.0763. The van der Waals surface area contributed by atoms with Crippen LogP contribution < -0.4 is 10.6 Å². The van der Waals surface area contributed by atoms with Crippen LogP contribution in [0.15, 0.2) is 18.2 Å². The van der Waals surface area contributed by atoms with Gasteiger partial charge in [-0.1, -0.05) is 18.6 Å². The SMILES string of the molecule is CCCNc1ccc(C)cc1C(=O)NCCOCCOC. The summed E-state index contributed by atoms with van der Waals surface area (Å²) in [5.41, 5.74) is 2.62. The summed E-state index contributed by atoms with van der Waals surface area (Å²) in [6, 6.07) is 5.86. The lowest BCUT2D eigenvalue weighted by Gasteiger charge is -2.13. The van der Waals surface area contributed by atoms with Gasteiger partial charge in [-0.15, -0.1) is 0 Å². The Morgan fingerprint density at radius 2 is 2.00 bits per heavy atom. The molecule has 0 unspecified atom stereocenters. The van der Waals surface area contributed by atoms with Gasteiger partial charge in [0.05, 0.1) is 25.4 Å². The number of amides is 1. The Morgan fingerprint density at radius 3 is 2.71 bits per heavy atom. The summed E-state index contributed by atoms with van der Waals surface area (Å²) in [7, 11) is 1.63. The van der Waals surface area contributed by atoms with Crippen molar-refractivity contribution in [3.05, 3.63) is 29.3 Å². The van der Waals surface area contributed by atoms with Gasteiger partial charge in [0.25, 0.3) is 5.91 Å². The predicted octanol–water partition coefficient (Wildman–Crippen LogP) is 2.21. The molecule has 2 N–H and O–H groups in total. The Morgan fingerprint density at radius 1 is 1.19 bits per heavy atom. The molecule has 0 aliphatic rings. The first kappa shape index (κ1) is 17.5. The van der Waals surface area contributed by atoms with Crippen molar-refractivity contribution in [2.75, 3.05) is 45.3 Å². The quantitative estimate of drug-likeness (QED) is 0.650. The molecule has 0 atom stereocenters. The van der Waals surface area contributed by atoms with Crippen LogP contribution in [0.1, 0.15) is 29.3 Å². The molecule has 0 fully saturated rings. The van der Waals surface area contributed by atoms with Gasteiger partial charge >= 0.3 is 0 Å². The van der Waals surface area contributed by atoms with Crippen molar-refractivity contribution in [3.63, 3.8) is 0 Å². The first-order valence-electron chi connectivity index (χ1n) is 7.38. The van der Waals surface area contributed by atoms with Crippen molar-refractivity contribution in [1.82, 2.24) is 5.32 Å². The van der Waals surface area contributed by atoms with Crippen molar-refractivity contribution in [3.8, 4) is 0 Å². The second kappa shape index (κ2) is 10.2. The third-order valence-corrected chi connectivity index (χ3v) is 2.95. The van der Waals surface area contributed by atoms with Gasteiger partial charge in [-0.25, -0.2) is 0 Å². The first-order chi connectivity index (χ1) is 10.2. The topological polar surface area (TPSA) is 59.6 Å². The van der Waals surface area contributed by atoms with Crippen molar-refractivity contribution < 1.29 is 14.3 Å². The molecule has 1 amide bonds. The maximum atomic E-state index is 12.2. The normalized spacial score (nSPS) is 10.4. The maximum Gasteiger partial charge on any atom is 0.253 e. The molecule has 5 heteroatoms. The highest BCUT2D eigenvalue weighted by atomic mass is 16.5. The number of carbonyl (C=O) groups excluding carboxylic acids is 1. The maximum absolute atomic E-state index is 12.2. The van der Waals surface area contributed by atoms with Gasteiger partial charge < -0.3 is 20.1 Å². The Bertz CT molecular complexity index is 436. The van der Waals surface area contributed by atoms with Crippen molar-refractivity contribution >= 4 is 11.6 Å². The average molecular weight is 294 g/mol. The van der Waals surface area contributed by atoms with Gasteiger partial charge in [-0.2, -0.15) is 0 Å². The van der Waals surface area contributed by atoms with E-state index in [1.165, 1.54) is 0 Å². The monoisotopic (exact) mass is 294 g/mol. The largest absolute Gasteiger partial charge is 0.384 e. The zero-order valence-electron chi connectivity index (χ0n) is 13.2. The summed E-state index contributed by atoms with van der Waals surface area (Å²) in [5, 5.41) is 6.16. The summed E-state index contributed by atoms with van der Waals surface area (Å²) in [6.45, 7) is 7.01. The van der Waals surface area contributed by atoms with Gasteiger partial charge in [-0.3, -0.25) is 4.79 Å². The average Bonchev–Trinajstić information content (AvgIpc) is 2.49. The molecular weight excluding hydrogens is 268 g/mol. The first-order valence-corrected chi connectivity index (χ1v) is 7.38. The van der Waals surface area contributed by atoms with Gasteiger partial charge in [0.15, 0.2) is 0 Å². The molecule has 0 aliphatic carbocycles. The third-order valence-electron chi connectivity index (χ3n) is 2.95. The highest BCUT2D eigenvalue weighted by Gasteiger charge is 2.10. The fourth-order valence-electron chi connectivity index (χ4n) is 1.84. The molecule has 0 heterocycles. The van der Waals surface area contributed by atoms with E-state index in [-0.39, 0.29) is 5.91 Å². The fourth-order valence-corrected chi connectivity index (χ4v) is 1.84. The number of nitrogens with one attached hydrogen (secondary N) is 2. The number of benzene rings is 1. The zero-order valence-corrected chi connectivity index (χ0v) is 13.2. The molecule has 118 valence electrons. The lowest BCUT2D eigenvalue weighted by Crippen LogP contribution is -2.28. The van der Waals surface area contributed by atoms with Crippen LogP contribution in [0.2, 0.25) is 0 Å². The van der Waals surface area contributed by atoms with Crippen molar-refractivity contribution in [2.24, 2.45) is 0 Å². The highest BCUT2D eigenvalue weighted by molar-refractivity contribution is 5.99. The van der Waals surface area contributed by atoms with Crippen LogP contribution in [0, 0.1) is 6.92 Å². The van der Waals surface area contributed by atoms with Gasteiger partial charge in [0.2, 0.25) is 0 Å². The van der Waals surface area contributed by atoms with E-state index in [9.17, 15) is 4.79 Å². The molecule has 0 aliphatic heterocycles. The molecule has 21 heavy (non-hydrogen) atoms.